The van der Waals surface area contributed by atoms with Gasteiger partial charge >= 0.3 is 0 Å². The van der Waals surface area contributed by atoms with E-state index in [4.69, 9.17) is 4.74 Å². The summed E-state index contributed by atoms with van der Waals surface area (Å²) < 4.78 is 28.8. The molecule has 0 radical (unpaired) electrons. The number of nitrogens with one attached hydrogen (secondary N) is 1. The lowest BCUT2D eigenvalue weighted by molar-refractivity contribution is 0.477. The summed E-state index contributed by atoms with van der Waals surface area (Å²) in [4.78, 5) is 4.27. The predicted octanol–water partition coefficient (Wildman–Crippen LogP) is 3.96. The van der Waals surface area contributed by atoms with Gasteiger partial charge in [0.05, 0.1) is 6.20 Å². The summed E-state index contributed by atoms with van der Waals surface area (Å²) in [6.45, 7) is 2.45. The van der Waals surface area contributed by atoms with Gasteiger partial charge in [-0.3, -0.25) is 9.19 Å². The van der Waals surface area contributed by atoms with Crippen LogP contribution in [0.15, 0.2) is 78.0 Å². The first-order chi connectivity index (χ1) is 12.6. The monoisotopic (exact) mass is 367 g/mol. The van der Waals surface area contributed by atoms with E-state index in [1.165, 1.54) is 0 Å². The predicted molar refractivity (Wildman–Crippen MR) is 99.6 cm³/mol. The van der Waals surface area contributed by atoms with Crippen molar-refractivity contribution in [2.24, 2.45) is 0 Å². The lowest BCUT2D eigenvalue weighted by Gasteiger charge is -2.18. The van der Waals surface area contributed by atoms with Gasteiger partial charge in [0.1, 0.15) is 11.5 Å². The van der Waals surface area contributed by atoms with Gasteiger partial charge in [0.2, 0.25) is 0 Å². The van der Waals surface area contributed by atoms with Gasteiger partial charge in [-0.05, 0) is 59.5 Å². The van der Waals surface area contributed by atoms with E-state index in [0.29, 0.717) is 23.6 Å². The van der Waals surface area contributed by atoms with Gasteiger partial charge in [0.15, 0.2) is 0 Å². The van der Waals surface area contributed by atoms with E-state index in [-0.39, 0.29) is 10.9 Å². The number of ether oxygens (including phenoxy) is 1. The van der Waals surface area contributed by atoms with Gasteiger partial charge in [-0.2, -0.15) is 0 Å². The third-order valence-electron chi connectivity index (χ3n) is 3.98. The van der Waals surface area contributed by atoms with E-state index in [1.807, 2.05) is 37.3 Å². The molecule has 0 aliphatic heterocycles. The zero-order chi connectivity index (χ0) is 18.4. The molecule has 0 bridgehead atoms. The molecule has 2 atom stereocenters. The van der Waals surface area contributed by atoms with Crippen LogP contribution in [0.3, 0.4) is 0 Å². The van der Waals surface area contributed by atoms with Gasteiger partial charge in [-0.15, -0.1) is 0 Å². The highest BCUT2D eigenvalue weighted by Gasteiger charge is 2.09. The minimum Gasteiger partial charge on any atom is -0.768 e. The van der Waals surface area contributed by atoms with E-state index in [9.17, 15) is 8.76 Å². The van der Waals surface area contributed by atoms with Crippen LogP contribution >= 0.6 is 0 Å². The molecule has 0 fully saturated rings. The standard InChI is InChI=1S/C20H20N2O3S/c1-15(16-6-3-2-4-7-16)22-13-17-12-18(9-10-20(17)26(23)24)25-19-8-5-11-21-14-19/h2-12,14-15,22H,13H2,1H3,(H,23,24)/p-1. The fourth-order valence-electron chi connectivity index (χ4n) is 2.59. The summed E-state index contributed by atoms with van der Waals surface area (Å²) in [7, 11) is 0. The fourth-order valence-corrected chi connectivity index (χ4v) is 3.11. The van der Waals surface area contributed by atoms with Crippen molar-refractivity contribution in [3.05, 3.63) is 84.2 Å². The molecule has 26 heavy (non-hydrogen) atoms. The third kappa shape index (κ3) is 4.76. The smallest absolute Gasteiger partial charge is 0.145 e. The highest BCUT2D eigenvalue weighted by atomic mass is 32.2. The maximum Gasteiger partial charge on any atom is 0.145 e. The second kappa shape index (κ2) is 8.71. The van der Waals surface area contributed by atoms with E-state index >= 15 is 0 Å². The molecule has 0 aliphatic carbocycles. The van der Waals surface area contributed by atoms with Crippen molar-refractivity contribution < 1.29 is 13.5 Å². The van der Waals surface area contributed by atoms with Crippen LogP contribution in [0.5, 0.6) is 11.5 Å². The molecule has 5 nitrogen and oxygen atoms in total. The Hall–Kier alpha value is -2.54. The minimum atomic E-state index is -2.31. The maximum absolute atomic E-state index is 11.5. The third-order valence-corrected chi connectivity index (χ3v) is 4.74. The Labute approximate surface area is 155 Å². The van der Waals surface area contributed by atoms with Crippen LogP contribution in [-0.4, -0.2) is 13.7 Å². The molecule has 0 spiro atoms. The molecular weight excluding hydrogens is 348 g/mol. The molecule has 2 aromatic carbocycles. The molecule has 1 N–H and O–H groups in total. The number of hydrogen-bond donors (Lipinski definition) is 1. The summed E-state index contributed by atoms with van der Waals surface area (Å²) in [6.07, 6.45) is 3.27. The van der Waals surface area contributed by atoms with Crippen LogP contribution in [0.25, 0.3) is 0 Å². The SMILES string of the molecule is CC(NCc1cc(Oc2cccnc2)ccc1S(=O)[O-])c1ccccc1. The molecule has 0 aliphatic rings. The van der Waals surface area contributed by atoms with Gasteiger partial charge < -0.3 is 14.6 Å². The van der Waals surface area contributed by atoms with Crippen molar-refractivity contribution >= 4 is 11.1 Å². The second-order valence-electron chi connectivity index (χ2n) is 5.81. The number of aromatic nitrogens is 1. The van der Waals surface area contributed by atoms with Crippen molar-refractivity contribution in [1.29, 1.82) is 0 Å². The molecule has 6 heteroatoms. The van der Waals surface area contributed by atoms with Crippen molar-refractivity contribution in [2.45, 2.75) is 24.4 Å². The quantitative estimate of drug-likeness (QED) is 0.640. The van der Waals surface area contributed by atoms with E-state index < -0.39 is 11.1 Å². The molecule has 2 unspecified atom stereocenters. The molecule has 0 amide bonds. The lowest BCUT2D eigenvalue weighted by atomic mass is 10.1. The van der Waals surface area contributed by atoms with Crippen molar-refractivity contribution in [3.8, 4) is 11.5 Å². The van der Waals surface area contributed by atoms with Gasteiger partial charge in [-0.25, -0.2) is 0 Å². The van der Waals surface area contributed by atoms with E-state index in [1.54, 1.807) is 42.7 Å². The molecule has 3 aromatic rings. The van der Waals surface area contributed by atoms with Crippen molar-refractivity contribution in [3.63, 3.8) is 0 Å². The van der Waals surface area contributed by atoms with Crippen LogP contribution in [-0.2, 0) is 17.6 Å². The van der Waals surface area contributed by atoms with Crippen molar-refractivity contribution in [2.75, 3.05) is 0 Å². The van der Waals surface area contributed by atoms with Gasteiger partial charge in [0, 0.05) is 23.7 Å². The Kier molecular flexibility index (Phi) is 6.12. The molecule has 0 saturated heterocycles. The van der Waals surface area contributed by atoms with Crippen LogP contribution in [0, 0.1) is 0 Å². The van der Waals surface area contributed by atoms with Gasteiger partial charge in [-0.1, -0.05) is 30.3 Å². The Bertz CT molecular complexity index is 873. The average Bonchev–Trinajstić information content (AvgIpc) is 2.67. The van der Waals surface area contributed by atoms with Crippen molar-refractivity contribution in [1.82, 2.24) is 10.3 Å². The van der Waals surface area contributed by atoms with Crippen LogP contribution < -0.4 is 10.1 Å². The first-order valence-corrected chi connectivity index (χ1v) is 9.29. The lowest BCUT2D eigenvalue weighted by Crippen LogP contribution is -2.19. The highest BCUT2D eigenvalue weighted by Crippen LogP contribution is 2.25. The molecule has 1 heterocycles. The van der Waals surface area contributed by atoms with Crippen LogP contribution in [0.2, 0.25) is 0 Å². The Morgan fingerprint density at radius 2 is 1.92 bits per heavy atom. The fraction of sp³-hybridized carbons (Fsp3) is 0.150. The Morgan fingerprint density at radius 1 is 1.12 bits per heavy atom. The zero-order valence-electron chi connectivity index (χ0n) is 14.3. The van der Waals surface area contributed by atoms with E-state index in [2.05, 4.69) is 10.3 Å². The number of nitrogens with zero attached hydrogens (tertiary/aromatic N) is 1. The number of rotatable bonds is 7. The summed E-state index contributed by atoms with van der Waals surface area (Å²) in [5.74, 6) is 1.16. The molecule has 3 rings (SSSR count). The van der Waals surface area contributed by atoms with E-state index in [0.717, 1.165) is 5.56 Å². The maximum atomic E-state index is 11.5. The Morgan fingerprint density at radius 3 is 2.62 bits per heavy atom. The molecular formula is C20H19N2O3S-. The molecule has 134 valence electrons. The number of pyridine rings is 1. The highest BCUT2D eigenvalue weighted by molar-refractivity contribution is 7.79. The van der Waals surface area contributed by atoms with Gasteiger partial charge in [0.25, 0.3) is 0 Å². The first kappa shape index (κ1) is 18.3. The Balaban J connectivity index is 1.77. The average molecular weight is 367 g/mol. The summed E-state index contributed by atoms with van der Waals surface area (Å²) in [5.41, 5.74) is 1.79. The zero-order valence-corrected chi connectivity index (χ0v) is 15.1. The normalized spacial score (nSPS) is 13.2. The second-order valence-corrected chi connectivity index (χ2v) is 6.72. The number of benzene rings is 2. The van der Waals surface area contributed by atoms with Crippen LogP contribution in [0.1, 0.15) is 24.1 Å². The topological polar surface area (TPSA) is 74.3 Å². The molecule has 0 saturated carbocycles. The summed E-state index contributed by atoms with van der Waals surface area (Å²) >= 11 is -2.31. The molecule has 1 aromatic heterocycles. The van der Waals surface area contributed by atoms with Crippen LogP contribution in [0.4, 0.5) is 0 Å². The summed E-state index contributed by atoms with van der Waals surface area (Å²) in [6, 6.07) is 18.6. The number of hydrogen-bond acceptors (Lipinski definition) is 5. The largest absolute Gasteiger partial charge is 0.768 e. The summed E-state index contributed by atoms with van der Waals surface area (Å²) in [5, 5.41) is 3.36. The first-order valence-electron chi connectivity index (χ1n) is 8.22. The minimum absolute atomic E-state index is 0.0898.